The van der Waals surface area contributed by atoms with Crippen molar-refractivity contribution in [3.63, 3.8) is 0 Å². The van der Waals surface area contributed by atoms with Crippen LogP contribution in [0.4, 0.5) is 0 Å². The predicted octanol–water partition coefficient (Wildman–Crippen LogP) is 1.99. The van der Waals surface area contributed by atoms with Crippen LogP contribution in [0.25, 0.3) is 0 Å². The van der Waals surface area contributed by atoms with Crippen molar-refractivity contribution in [2.45, 2.75) is 3.00 Å². The summed E-state index contributed by atoms with van der Waals surface area (Å²) in [6.07, 6.45) is 7.52. The lowest BCUT2D eigenvalue weighted by Gasteiger charge is -2.17. The average molecular weight is 241 g/mol. The van der Waals surface area contributed by atoms with Crippen molar-refractivity contribution in [2.75, 3.05) is 0 Å². The number of hydrogen-bond donors (Lipinski definition) is 1. The molecule has 0 aromatic rings. The Kier molecular flexibility index (Phi) is 1.82. The average Bonchev–Trinajstić information content (AvgIpc) is 1.65. The molecule has 44 valence electrons. The zero-order chi connectivity index (χ0) is 6.04. The van der Waals surface area contributed by atoms with Crippen LogP contribution in [-0.4, -0.2) is 3.00 Å². The number of halogens is 2. The van der Waals surface area contributed by atoms with Gasteiger partial charge < -0.3 is 5.32 Å². The Balaban J connectivity index is 2.65. The van der Waals surface area contributed by atoms with Crippen LogP contribution in [0.5, 0.6) is 0 Å². The standard InChI is InChI=1S/C5H5ClIN/c6-5(7)3-1-2-4-8-5/h1-4,8H. The highest BCUT2D eigenvalue weighted by Gasteiger charge is 2.16. The Hall–Kier alpha value is 0.300. The maximum atomic E-state index is 5.81. The summed E-state index contributed by atoms with van der Waals surface area (Å²) >= 11 is 7.92. The summed E-state index contributed by atoms with van der Waals surface area (Å²) in [5.74, 6) is 0. The van der Waals surface area contributed by atoms with E-state index in [1.807, 2.05) is 24.4 Å². The first-order valence-electron chi connectivity index (χ1n) is 2.21. The second-order valence-corrected chi connectivity index (χ2v) is 4.42. The second kappa shape index (κ2) is 2.27. The Labute approximate surface area is 66.9 Å². The first kappa shape index (κ1) is 6.42. The number of alkyl halides is 2. The second-order valence-electron chi connectivity index (χ2n) is 1.49. The van der Waals surface area contributed by atoms with Gasteiger partial charge in [-0.2, -0.15) is 0 Å². The van der Waals surface area contributed by atoms with Crippen molar-refractivity contribution in [3.05, 3.63) is 24.4 Å². The van der Waals surface area contributed by atoms with Gasteiger partial charge in [-0.15, -0.1) is 0 Å². The van der Waals surface area contributed by atoms with Crippen molar-refractivity contribution in [3.8, 4) is 0 Å². The Morgan fingerprint density at radius 1 is 1.50 bits per heavy atom. The lowest BCUT2D eigenvalue weighted by molar-refractivity contribution is 0.876. The van der Waals surface area contributed by atoms with Gasteiger partial charge in [0.1, 0.15) is 0 Å². The minimum atomic E-state index is -0.396. The minimum Gasteiger partial charge on any atom is -0.362 e. The van der Waals surface area contributed by atoms with E-state index < -0.39 is 3.00 Å². The van der Waals surface area contributed by atoms with Gasteiger partial charge in [0.25, 0.3) is 0 Å². The molecule has 1 unspecified atom stereocenters. The number of dihydropyridines is 1. The van der Waals surface area contributed by atoms with Gasteiger partial charge in [0.05, 0.1) is 0 Å². The maximum Gasteiger partial charge on any atom is 0.183 e. The topological polar surface area (TPSA) is 12.0 Å². The quantitative estimate of drug-likeness (QED) is 0.388. The first-order valence-corrected chi connectivity index (χ1v) is 3.66. The molecule has 0 aliphatic carbocycles. The summed E-state index contributed by atoms with van der Waals surface area (Å²) in [5.41, 5.74) is 0. The molecule has 1 nitrogen and oxygen atoms in total. The SMILES string of the molecule is ClC1(I)C=CC=CN1. The van der Waals surface area contributed by atoms with Crippen molar-refractivity contribution >= 4 is 34.2 Å². The molecule has 1 heterocycles. The highest BCUT2D eigenvalue weighted by Crippen LogP contribution is 2.23. The zero-order valence-electron chi connectivity index (χ0n) is 4.07. The van der Waals surface area contributed by atoms with E-state index in [9.17, 15) is 0 Å². The van der Waals surface area contributed by atoms with E-state index in [-0.39, 0.29) is 0 Å². The molecule has 0 bridgehead atoms. The molecule has 0 fully saturated rings. The number of nitrogens with one attached hydrogen (secondary N) is 1. The fourth-order valence-corrected chi connectivity index (χ4v) is 0.962. The Bertz CT molecular complexity index is 139. The number of allylic oxidation sites excluding steroid dienone is 2. The molecule has 8 heavy (non-hydrogen) atoms. The minimum absolute atomic E-state index is 0.396. The Morgan fingerprint density at radius 3 is 2.50 bits per heavy atom. The van der Waals surface area contributed by atoms with E-state index in [0.717, 1.165) is 0 Å². The largest absolute Gasteiger partial charge is 0.362 e. The predicted molar refractivity (Wildman–Crippen MR) is 44.0 cm³/mol. The van der Waals surface area contributed by atoms with Crippen LogP contribution in [0.15, 0.2) is 24.4 Å². The van der Waals surface area contributed by atoms with Crippen molar-refractivity contribution in [2.24, 2.45) is 0 Å². The van der Waals surface area contributed by atoms with Crippen molar-refractivity contribution in [1.82, 2.24) is 5.32 Å². The van der Waals surface area contributed by atoms with Crippen LogP contribution in [-0.2, 0) is 0 Å². The van der Waals surface area contributed by atoms with E-state index in [0.29, 0.717) is 0 Å². The summed E-state index contributed by atoms with van der Waals surface area (Å²) < 4.78 is -0.396. The molecule has 0 amide bonds. The van der Waals surface area contributed by atoms with E-state index in [1.165, 1.54) is 0 Å². The number of rotatable bonds is 0. The molecular formula is C5H5ClIN. The van der Waals surface area contributed by atoms with Crippen LogP contribution < -0.4 is 5.32 Å². The lowest BCUT2D eigenvalue weighted by Crippen LogP contribution is -2.27. The van der Waals surface area contributed by atoms with Gasteiger partial charge in [0.15, 0.2) is 3.00 Å². The van der Waals surface area contributed by atoms with Crippen LogP contribution in [0, 0.1) is 0 Å². The summed E-state index contributed by atoms with van der Waals surface area (Å²) in [7, 11) is 0. The smallest absolute Gasteiger partial charge is 0.183 e. The molecule has 0 aromatic heterocycles. The molecule has 1 atom stereocenters. The maximum absolute atomic E-state index is 5.81. The molecule has 0 saturated carbocycles. The molecular weight excluding hydrogens is 236 g/mol. The molecule has 1 N–H and O–H groups in total. The van der Waals surface area contributed by atoms with E-state index in [4.69, 9.17) is 11.6 Å². The third-order valence-corrected chi connectivity index (χ3v) is 1.69. The van der Waals surface area contributed by atoms with Gasteiger partial charge in [0, 0.05) is 0 Å². The van der Waals surface area contributed by atoms with Crippen molar-refractivity contribution in [1.29, 1.82) is 0 Å². The third kappa shape index (κ3) is 1.67. The van der Waals surface area contributed by atoms with Crippen LogP contribution in [0.1, 0.15) is 0 Å². The van der Waals surface area contributed by atoms with E-state index in [2.05, 4.69) is 27.9 Å². The van der Waals surface area contributed by atoms with Gasteiger partial charge in [0.2, 0.25) is 0 Å². The van der Waals surface area contributed by atoms with Gasteiger partial charge in [-0.05, 0) is 40.9 Å². The van der Waals surface area contributed by atoms with Crippen LogP contribution >= 0.6 is 34.2 Å². The van der Waals surface area contributed by atoms with E-state index in [1.54, 1.807) is 0 Å². The molecule has 1 aliphatic heterocycles. The third-order valence-electron chi connectivity index (χ3n) is 0.789. The summed E-state index contributed by atoms with van der Waals surface area (Å²) in [4.78, 5) is 0. The van der Waals surface area contributed by atoms with E-state index >= 15 is 0 Å². The summed E-state index contributed by atoms with van der Waals surface area (Å²) in [6.45, 7) is 0. The fraction of sp³-hybridized carbons (Fsp3) is 0.200. The molecule has 1 aliphatic rings. The first-order chi connectivity index (χ1) is 3.71. The van der Waals surface area contributed by atoms with Crippen LogP contribution in [0.3, 0.4) is 0 Å². The normalized spacial score (nSPS) is 34.8. The van der Waals surface area contributed by atoms with Gasteiger partial charge in [-0.1, -0.05) is 17.7 Å². The summed E-state index contributed by atoms with van der Waals surface area (Å²) in [5, 5.41) is 2.94. The molecule has 1 rings (SSSR count). The number of hydrogen-bond acceptors (Lipinski definition) is 1. The highest BCUT2D eigenvalue weighted by atomic mass is 127. The Morgan fingerprint density at radius 2 is 2.25 bits per heavy atom. The zero-order valence-corrected chi connectivity index (χ0v) is 6.98. The van der Waals surface area contributed by atoms with Crippen molar-refractivity contribution < 1.29 is 0 Å². The van der Waals surface area contributed by atoms with Gasteiger partial charge >= 0.3 is 0 Å². The van der Waals surface area contributed by atoms with Crippen LogP contribution in [0.2, 0.25) is 0 Å². The fourth-order valence-electron chi connectivity index (χ4n) is 0.439. The molecule has 0 spiro atoms. The monoisotopic (exact) mass is 241 g/mol. The van der Waals surface area contributed by atoms with Gasteiger partial charge in [-0.25, -0.2) is 0 Å². The molecule has 0 radical (unpaired) electrons. The highest BCUT2D eigenvalue weighted by molar-refractivity contribution is 14.1. The lowest BCUT2D eigenvalue weighted by atomic mass is 10.4. The molecule has 0 saturated heterocycles. The van der Waals surface area contributed by atoms with Gasteiger partial charge in [-0.3, -0.25) is 0 Å². The molecule has 0 aromatic carbocycles. The summed E-state index contributed by atoms with van der Waals surface area (Å²) in [6, 6.07) is 0. The molecule has 3 heteroatoms.